The van der Waals surface area contributed by atoms with Gasteiger partial charge in [-0.05, 0) is 95.2 Å². The summed E-state index contributed by atoms with van der Waals surface area (Å²) >= 11 is 0. The third-order valence-electron chi connectivity index (χ3n) is 8.52. The van der Waals surface area contributed by atoms with Gasteiger partial charge in [-0.3, -0.25) is 4.79 Å². The van der Waals surface area contributed by atoms with E-state index in [1.807, 2.05) is 30.3 Å². The van der Waals surface area contributed by atoms with Crippen LogP contribution in [0.3, 0.4) is 0 Å². The minimum Gasteiger partial charge on any atom is -0.378 e. The Morgan fingerprint density at radius 3 is 2.47 bits per heavy atom. The van der Waals surface area contributed by atoms with Crippen molar-refractivity contribution >= 4 is 28.1 Å². The monoisotopic (exact) mass is 444 g/mol. The zero-order valence-corrected chi connectivity index (χ0v) is 19.1. The van der Waals surface area contributed by atoms with Gasteiger partial charge in [0.15, 0.2) is 0 Å². The molecule has 0 saturated heterocycles. The van der Waals surface area contributed by atoms with Gasteiger partial charge < -0.3 is 10.6 Å². The Hall–Kier alpha value is -3.59. The van der Waals surface area contributed by atoms with Crippen LogP contribution < -0.4 is 10.6 Å². The molecule has 7 rings (SSSR count). The second kappa shape index (κ2) is 7.73. The largest absolute Gasteiger partial charge is 0.378 e. The molecule has 2 bridgehead atoms. The molecule has 2 N–H and O–H groups in total. The number of anilines is 2. The van der Waals surface area contributed by atoms with Crippen molar-refractivity contribution in [2.75, 3.05) is 10.6 Å². The summed E-state index contributed by atoms with van der Waals surface area (Å²) < 4.78 is 0. The van der Waals surface area contributed by atoms with Gasteiger partial charge in [-0.1, -0.05) is 60.7 Å². The molecule has 2 aliphatic carbocycles. The summed E-state index contributed by atoms with van der Waals surface area (Å²) in [5.41, 5.74) is 5.50. The number of benzene rings is 4. The van der Waals surface area contributed by atoms with Crippen molar-refractivity contribution < 1.29 is 4.79 Å². The maximum Gasteiger partial charge on any atom is 0.255 e. The van der Waals surface area contributed by atoms with E-state index in [0.717, 1.165) is 28.5 Å². The van der Waals surface area contributed by atoms with Crippen LogP contribution in [0, 0.1) is 17.8 Å². The predicted octanol–water partition coefficient (Wildman–Crippen LogP) is 7.39. The molecule has 1 aliphatic heterocycles. The van der Waals surface area contributed by atoms with E-state index < -0.39 is 0 Å². The van der Waals surface area contributed by atoms with E-state index in [9.17, 15) is 4.79 Å². The minimum atomic E-state index is -0.0389. The number of hydrogen-bond acceptors (Lipinski definition) is 2. The predicted molar refractivity (Wildman–Crippen MR) is 138 cm³/mol. The third-order valence-corrected chi connectivity index (χ3v) is 8.52. The van der Waals surface area contributed by atoms with Crippen molar-refractivity contribution in [1.82, 2.24) is 0 Å². The van der Waals surface area contributed by atoms with Gasteiger partial charge >= 0.3 is 0 Å². The van der Waals surface area contributed by atoms with E-state index in [0.29, 0.717) is 17.9 Å². The summed E-state index contributed by atoms with van der Waals surface area (Å²) in [5, 5.41) is 9.31. The van der Waals surface area contributed by atoms with Crippen LogP contribution in [-0.4, -0.2) is 5.91 Å². The van der Waals surface area contributed by atoms with Gasteiger partial charge in [-0.25, -0.2) is 0 Å². The number of fused-ring (bicyclic) bond motifs is 8. The quantitative estimate of drug-likeness (QED) is 0.346. The smallest absolute Gasteiger partial charge is 0.255 e. The average Bonchev–Trinajstić information content (AvgIpc) is 3.51. The Morgan fingerprint density at radius 1 is 0.794 bits per heavy atom. The Bertz CT molecular complexity index is 1400. The lowest BCUT2D eigenvalue weighted by Crippen LogP contribution is -2.35. The molecule has 4 aromatic rings. The van der Waals surface area contributed by atoms with E-state index in [1.165, 1.54) is 41.5 Å². The molecule has 0 unspecified atom stereocenters. The molecule has 34 heavy (non-hydrogen) atoms. The molecular weight excluding hydrogens is 416 g/mol. The number of rotatable bonds is 3. The SMILES string of the molecule is O=C(Nc1ccc2ccccc2c1)c1ccc2c(c1)[C@@H]1[C@H]3CC[C@@H](C3)[C@H]1[C@@H](c1ccccc1)N2. The van der Waals surface area contributed by atoms with Crippen molar-refractivity contribution in [3.8, 4) is 0 Å². The summed E-state index contributed by atoms with van der Waals surface area (Å²) in [6, 6.07) is 31.8. The lowest BCUT2D eigenvalue weighted by atomic mass is 9.68. The number of carbonyl (C=O) groups excluding carboxylic acids is 1. The first-order valence-electron chi connectivity index (χ1n) is 12.5. The van der Waals surface area contributed by atoms with Gasteiger partial charge in [-0.15, -0.1) is 0 Å². The molecule has 168 valence electrons. The average molecular weight is 445 g/mol. The fourth-order valence-corrected chi connectivity index (χ4v) is 7.09. The van der Waals surface area contributed by atoms with E-state index in [4.69, 9.17) is 0 Å². The van der Waals surface area contributed by atoms with Gasteiger partial charge in [0, 0.05) is 16.9 Å². The molecule has 4 aromatic carbocycles. The fourth-order valence-electron chi connectivity index (χ4n) is 7.09. The summed E-state index contributed by atoms with van der Waals surface area (Å²) in [5.74, 6) is 2.61. The van der Waals surface area contributed by atoms with E-state index in [2.05, 4.69) is 71.3 Å². The molecule has 3 nitrogen and oxygen atoms in total. The second-order valence-electron chi connectivity index (χ2n) is 10.3. The van der Waals surface area contributed by atoms with Crippen LogP contribution in [0.15, 0.2) is 91.0 Å². The molecule has 2 saturated carbocycles. The van der Waals surface area contributed by atoms with Crippen LogP contribution in [0.2, 0.25) is 0 Å². The maximum atomic E-state index is 13.2. The standard InChI is InChI=1S/C31H28N2O/c34-31(32-25-14-12-19-6-4-5-9-21(19)17-25)24-13-15-27-26(18-24)28-22-10-11-23(16-22)29(28)30(33-27)20-7-2-1-3-8-20/h1-9,12-15,17-18,22-23,28-30,33H,10-11,16H2,(H,32,34)/t22-,23-,28-,29+,30+/m0/s1. The second-order valence-corrected chi connectivity index (χ2v) is 10.3. The zero-order chi connectivity index (χ0) is 22.6. The highest BCUT2D eigenvalue weighted by molar-refractivity contribution is 6.05. The summed E-state index contributed by atoms with van der Waals surface area (Å²) in [7, 11) is 0. The number of amides is 1. The van der Waals surface area contributed by atoms with E-state index in [1.54, 1.807) is 0 Å². The molecule has 5 atom stereocenters. The lowest BCUT2D eigenvalue weighted by Gasteiger charge is -2.43. The highest BCUT2D eigenvalue weighted by Gasteiger charge is 2.53. The fraction of sp³-hybridized carbons (Fsp3) is 0.258. The molecular formula is C31H28N2O. The number of nitrogens with one attached hydrogen (secondary N) is 2. The van der Waals surface area contributed by atoms with E-state index in [-0.39, 0.29) is 5.91 Å². The van der Waals surface area contributed by atoms with Crippen LogP contribution in [0.4, 0.5) is 11.4 Å². The first kappa shape index (κ1) is 19.8. The first-order valence-corrected chi connectivity index (χ1v) is 12.5. The summed E-state index contributed by atoms with van der Waals surface area (Å²) in [4.78, 5) is 13.2. The highest BCUT2D eigenvalue weighted by atomic mass is 16.1. The molecule has 1 heterocycles. The van der Waals surface area contributed by atoms with Crippen molar-refractivity contribution in [3.63, 3.8) is 0 Å². The molecule has 2 fully saturated rings. The van der Waals surface area contributed by atoms with Gasteiger partial charge in [-0.2, -0.15) is 0 Å². The number of hydrogen-bond donors (Lipinski definition) is 2. The molecule has 0 aromatic heterocycles. The molecule has 0 spiro atoms. The molecule has 3 aliphatic rings. The van der Waals surface area contributed by atoms with Gasteiger partial charge in [0.2, 0.25) is 0 Å². The summed E-state index contributed by atoms with van der Waals surface area (Å²) in [6.45, 7) is 0. The van der Waals surface area contributed by atoms with Gasteiger partial charge in [0.1, 0.15) is 0 Å². The van der Waals surface area contributed by atoms with Crippen molar-refractivity contribution in [3.05, 3.63) is 108 Å². The molecule has 1 amide bonds. The minimum absolute atomic E-state index is 0.0389. The Kier molecular flexibility index (Phi) is 4.51. The van der Waals surface area contributed by atoms with Crippen LogP contribution in [-0.2, 0) is 0 Å². The topological polar surface area (TPSA) is 41.1 Å². The lowest BCUT2D eigenvalue weighted by molar-refractivity contribution is 0.102. The third kappa shape index (κ3) is 3.14. The molecule has 3 heteroatoms. The maximum absolute atomic E-state index is 13.2. The van der Waals surface area contributed by atoms with Gasteiger partial charge in [0.05, 0.1) is 6.04 Å². The van der Waals surface area contributed by atoms with Crippen LogP contribution in [0.1, 0.15) is 52.7 Å². The van der Waals surface area contributed by atoms with Crippen LogP contribution in [0.25, 0.3) is 10.8 Å². The van der Waals surface area contributed by atoms with Gasteiger partial charge in [0.25, 0.3) is 5.91 Å². The highest BCUT2D eigenvalue weighted by Crippen LogP contribution is 2.63. The van der Waals surface area contributed by atoms with E-state index >= 15 is 0 Å². The zero-order valence-electron chi connectivity index (χ0n) is 19.1. The van der Waals surface area contributed by atoms with Crippen molar-refractivity contribution in [1.29, 1.82) is 0 Å². The Balaban J connectivity index is 1.22. The van der Waals surface area contributed by atoms with Crippen molar-refractivity contribution in [2.24, 2.45) is 17.8 Å². The van der Waals surface area contributed by atoms with Crippen LogP contribution >= 0.6 is 0 Å². The Morgan fingerprint density at radius 2 is 1.59 bits per heavy atom. The molecule has 0 radical (unpaired) electrons. The number of carbonyl (C=O) groups is 1. The van der Waals surface area contributed by atoms with Crippen molar-refractivity contribution in [2.45, 2.75) is 31.2 Å². The Labute approximate surface area is 200 Å². The normalized spacial score (nSPS) is 26.5. The summed E-state index contributed by atoms with van der Waals surface area (Å²) in [6.07, 6.45) is 3.99. The van der Waals surface area contributed by atoms with Crippen LogP contribution in [0.5, 0.6) is 0 Å². The first-order chi connectivity index (χ1) is 16.7.